The fourth-order valence-corrected chi connectivity index (χ4v) is 4.67. The maximum atomic E-state index is 12.8. The number of nitrogens with zero attached hydrogens (tertiary/aromatic N) is 6. The SMILES string of the molecule is CC(C)(O)COc1cc(-c2ccc(N3CCN(C(=O)Cc4ccc(Cl)cc4)CC3)nc2)c2c(C#N)cnn2c1. The Hall–Kier alpha value is -4.13. The number of halogens is 1. The van der Waals surface area contributed by atoms with Gasteiger partial charge >= 0.3 is 0 Å². The van der Waals surface area contributed by atoms with Crippen LogP contribution in [0.4, 0.5) is 5.82 Å². The van der Waals surface area contributed by atoms with E-state index in [0.29, 0.717) is 54.5 Å². The average molecular weight is 545 g/mol. The molecule has 0 unspecified atom stereocenters. The molecular weight excluding hydrogens is 516 g/mol. The van der Waals surface area contributed by atoms with E-state index in [-0.39, 0.29) is 12.5 Å². The molecule has 1 N–H and O–H groups in total. The van der Waals surface area contributed by atoms with Gasteiger partial charge in [-0.2, -0.15) is 10.4 Å². The van der Waals surface area contributed by atoms with E-state index in [0.717, 1.165) is 22.5 Å². The Morgan fingerprint density at radius 2 is 1.87 bits per heavy atom. The Labute approximate surface area is 231 Å². The van der Waals surface area contributed by atoms with Gasteiger partial charge in [-0.05, 0) is 49.7 Å². The van der Waals surface area contributed by atoms with Crippen molar-refractivity contribution >= 4 is 28.8 Å². The quantitative estimate of drug-likeness (QED) is 0.375. The van der Waals surface area contributed by atoms with Crippen LogP contribution in [0.1, 0.15) is 25.0 Å². The molecule has 1 fully saturated rings. The first-order valence-corrected chi connectivity index (χ1v) is 13.1. The van der Waals surface area contributed by atoms with Crippen LogP contribution in [0, 0.1) is 11.3 Å². The number of anilines is 1. The second kappa shape index (κ2) is 10.9. The van der Waals surface area contributed by atoms with Gasteiger partial charge < -0.3 is 19.6 Å². The zero-order valence-electron chi connectivity index (χ0n) is 21.8. The minimum Gasteiger partial charge on any atom is -0.489 e. The van der Waals surface area contributed by atoms with Gasteiger partial charge in [-0.15, -0.1) is 0 Å². The summed E-state index contributed by atoms with van der Waals surface area (Å²) in [6.07, 6.45) is 5.35. The Balaban J connectivity index is 1.29. The minimum atomic E-state index is -0.995. The van der Waals surface area contributed by atoms with Gasteiger partial charge in [0.05, 0.1) is 35.5 Å². The number of ether oxygens (including phenoxy) is 1. The molecule has 0 atom stereocenters. The maximum absolute atomic E-state index is 12.8. The van der Waals surface area contributed by atoms with Crippen molar-refractivity contribution in [2.24, 2.45) is 0 Å². The summed E-state index contributed by atoms with van der Waals surface area (Å²) in [5.74, 6) is 1.45. The van der Waals surface area contributed by atoms with E-state index in [1.54, 1.807) is 42.9 Å². The topological polar surface area (TPSA) is 107 Å². The first-order valence-electron chi connectivity index (χ1n) is 12.7. The Morgan fingerprint density at radius 3 is 2.51 bits per heavy atom. The average Bonchev–Trinajstić information content (AvgIpc) is 3.36. The van der Waals surface area contributed by atoms with E-state index in [4.69, 9.17) is 21.3 Å². The number of pyridine rings is 2. The molecule has 0 radical (unpaired) electrons. The lowest BCUT2D eigenvalue weighted by Crippen LogP contribution is -2.49. The molecule has 5 rings (SSSR count). The number of carbonyl (C=O) groups is 1. The number of carbonyl (C=O) groups excluding carboxylic acids is 1. The fraction of sp³-hybridized carbons (Fsp3) is 0.310. The number of rotatable bonds is 7. The predicted octanol–water partition coefficient (Wildman–Crippen LogP) is 3.96. The summed E-state index contributed by atoms with van der Waals surface area (Å²) >= 11 is 5.95. The number of nitriles is 1. The smallest absolute Gasteiger partial charge is 0.227 e. The van der Waals surface area contributed by atoms with Crippen LogP contribution in [0.15, 0.2) is 61.1 Å². The molecule has 3 aromatic heterocycles. The van der Waals surface area contributed by atoms with E-state index < -0.39 is 5.60 Å². The van der Waals surface area contributed by atoms with Gasteiger partial charge in [0.2, 0.25) is 5.91 Å². The third-order valence-corrected chi connectivity index (χ3v) is 6.84. The van der Waals surface area contributed by atoms with E-state index in [1.165, 1.54) is 6.20 Å². The monoisotopic (exact) mass is 544 g/mol. The van der Waals surface area contributed by atoms with Crippen molar-refractivity contribution in [2.45, 2.75) is 25.9 Å². The van der Waals surface area contributed by atoms with Crippen LogP contribution in [0.5, 0.6) is 5.75 Å². The Morgan fingerprint density at radius 1 is 1.13 bits per heavy atom. The van der Waals surface area contributed by atoms with Crippen molar-refractivity contribution in [1.82, 2.24) is 19.5 Å². The number of aromatic nitrogens is 3. The number of hydrogen-bond donors (Lipinski definition) is 1. The van der Waals surface area contributed by atoms with Crippen LogP contribution in [0.3, 0.4) is 0 Å². The van der Waals surface area contributed by atoms with Crippen molar-refractivity contribution in [1.29, 1.82) is 5.26 Å². The van der Waals surface area contributed by atoms with Crippen molar-refractivity contribution in [2.75, 3.05) is 37.7 Å². The third kappa shape index (κ3) is 6.14. The molecule has 200 valence electrons. The number of benzene rings is 1. The fourth-order valence-electron chi connectivity index (χ4n) is 4.54. The maximum Gasteiger partial charge on any atom is 0.227 e. The van der Waals surface area contributed by atoms with E-state index >= 15 is 0 Å². The zero-order valence-corrected chi connectivity index (χ0v) is 22.6. The van der Waals surface area contributed by atoms with Crippen LogP contribution in [0.25, 0.3) is 16.6 Å². The summed E-state index contributed by atoms with van der Waals surface area (Å²) in [6.45, 7) is 6.07. The molecule has 1 saturated heterocycles. The highest BCUT2D eigenvalue weighted by Crippen LogP contribution is 2.31. The molecule has 0 bridgehead atoms. The van der Waals surface area contributed by atoms with Crippen molar-refractivity contribution in [3.05, 3.63) is 77.2 Å². The molecular formula is C29H29ClN6O3. The van der Waals surface area contributed by atoms with Gasteiger partial charge in [-0.1, -0.05) is 23.7 Å². The summed E-state index contributed by atoms with van der Waals surface area (Å²) in [5.41, 5.74) is 2.63. The summed E-state index contributed by atoms with van der Waals surface area (Å²) in [5, 5.41) is 24.7. The molecule has 1 aliphatic heterocycles. The number of piperazine rings is 1. The van der Waals surface area contributed by atoms with Crippen molar-refractivity contribution in [3.8, 4) is 22.9 Å². The first-order chi connectivity index (χ1) is 18.7. The second-order valence-electron chi connectivity index (χ2n) is 10.2. The number of amides is 1. The van der Waals surface area contributed by atoms with E-state index in [1.807, 2.05) is 35.2 Å². The molecule has 4 aromatic rings. The molecule has 9 nitrogen and oxygen atoms in total. The molecule has 1 aromatic carbocycles. The molecule has 0 spiro atoms. The molecule has 1 aliphatic rings. The molecule has 0 aliphatic carbocycles. The highest BCUT2D eigenvalue weighted by Gasteiger charge is 2.23. The van der Waals surface area contributed by atoms with Crippen molar-refractivity contribution in [3.63, 3.8) is 0 Å². The lowest BCUT2D eigenvalue weighted by molar-refractivity contribution is -0.130. The van der Waals surface area contributed by atoms with Crippen LogP contribution >= 0.6 is 11.6 Å². The first kappa shape index (κ1) is 26.5. The number of hydrogen-bond acceptors (Lipinski definition) is 7. The molecule has 1 amide bonds. The van der Waals surface area contributed by atoms with Gasteiger partial charge in [-0.3, -0.25) is 4.79 Å². The number of fused-ring (bicyclic) bond motifs is 1. The van der Waals surface area contributed by atoms with Gasteiger partial charge in [0.1, 0.15) is 24.2 Å². The van der Waals surface area contributed by atoms with Crippen LogP contribution in [0.2, 0.25) is 5.02 Å². The normalized spacial score (nSPS) is 13.9. The summed E-state index contributed by atoms with van der Waals surface area (Å²) in [7, 11) is 0. The van der Waals surface area contributed by atoms with Crippen LogP contribution < -0.4 is 9.64 Å². The molecule has 39 heavy (non-hydrogen) atoms. The highest BCUT2D eigenvalue weighted by atomic mass is 35.5. The van der Waals surface area contributed by atoms with Gasteiger partial charge in [0, 0.05) is 48.5 Å². The predicted molar refractivity (Wildman–Crippen MR) is 149 cm³/mol. The molecule has 4 heterocycles. The van der Waals surface area contributed by atoms with Gasteiger partial charge in [-0.25, -0.2) is 9.50 Å². The Kier molecular flexibility index (Phi) is 7.42. The van der Waals surface area contributed by atoms with E-state index in [2.05, 4.69) is 16.1 Å². The lowest BCUT2D eigenvalue weighted by Gasteiger charge is -2.35. The molecule has 0 saturated carbocycles. The lowest BCUT2D eigenvalue weighted by atomic mass is 10.1. The summed E-state index contributed by atoms with van der Waals surface area (Å²) in [6, 6.07) is 15.3. The van der Waals surface area contributed by atoms with Crippen molar-refractivity contribution < 1.29 is 14.6 Å². The van der Waals surface area contributed by atoms with E-state index in [9.17, 15) is 15.2 Å². The Bertz CT molecular complexity index is 1510. The summed E-state index contributed by atoms with van der Waals surface area (Å²) in [4.78, 5) is 21.5. The summed E-state index contributed by atoms with van der Waals surface area (Å²) < 4.78 is 7.43. The van der Waals surface area contributed by atoms with Gasteiger partial charge in [0.15, 0.2) is 0 Å². The minimum absolute atomic E-state index is 0.102. The van der Waals surface area contributed by atoms with Crippen LogP contribution in [-0.4, -0.2) is 68.9 Å². The largest absolute Gasteiger partial charge is 0.489 e. The zero-order chi connectivity index (χ0) is 27.6. The third-order valence-electron chi connectivity index (χ3n) is 6.58. The highest BCUT2D eigenvalue weighted by molar-refractivity contribution is 6.30. The number of aliphatic hydroxyl groups is 1. The second-order valence-corrected chi connectivity index (χ2v) is 10.7. The van der Waals surface area contributed by atoms with Crippen LogP contribution in [-0.2, 0) is 11.2 Å². The molecule has 10 heteroatoms. The standard InChI is InChI=1S/C29H29ClN6O3/c1-29(2,38)19-39-24-14-25(28-22(15-31)17-33-36(28)18-24)21-5-8-26(32-16-21)34-9-11-35(12-10-34)27(37)13-20-3-6-23(30)7-4-20/h3-8,14,16-18,38H,9-13,19H2,1-2H3. The van der Waals surface area contributed by atoms with Gasteiger partial charge in [0.25, 0.3) is 0 Å².